The third-order valence-corrected chi connectivity index (χ3v) is 2.46. The van der Waals surface area contributed by atoms with Gasteiger partial charge in [0.1, 0.15) is 0 Å². The highest BCUT2D eigenvalue weighted by molar-refractivity contribution is 5.25. The van der Waals surface area contributed by atoms with Gasteiger partial charge in [-0.1, -0.05) is 6.07 Å². The molecule has 18 heavy (non-hydrogen) atoms. The Morgan fingerprint density at radius 2 is 2.17 bits per heavy atom. The summed E-state index contributed by atoms with van der Waals surface area (Å²) in [5.41, 5.74) is 1.11. The van der Waals surface area contributed by atoms with E-state index in [1.807, 2.05) is 26.0 Å². The molecule has 0 spiro atoms. The number of methoxy groups -OCH3 is 1. The fourth-order valence-corrected chi connectivity index (χ4v) is 1.61. The van der Waals surface area contributed by atoms with Crippen molar-refractivity contribution in [3.63, 3.8) is 0 Å². The Morgan fingerprint density at radius 3 is 2.89 bits per heavy atom. The zero-order valence-corrected chi connectivity index (χ0v) is 11.6. The molecular weight excluding hydrogens is 228 g/mol. The highest BCUT2D eigenvalue weighted by Gasteiger charge is 2.05. The highest BCUT2D eigenvalue weighted by atomic mass is 16.5. The number of ether oxygens (including phenoxy) is 2. The first-order chi connectivity index (χ1) is 8.74. The maximum absolute atomic E-state index is 5.67. The molecule has 0 bridgehead atoms. The summed E-state index contributed by atoms with van der Waals surface area (Å²) in [5.74, 6) is 0.733. The molecule has 0 saturated heterocycles. The maximum Gasteiger partial charge on any atom is 0.218 e. The number of aromatic nitrogens is 1. The van der Waals surface area contributed by atoms with Gasteiger partial charge in [-0.15, -0.1) is 0 Å². The van der Waals surface area contributed by atoms with Crippen LogP contribution in [-0.4, -0.2) is 31.3 Å². The number of nitrogens with zero attached hydrogens (tertiary/aromatic N) is 1. The first kappa shape index (κ1) is 14.9. The Bertz CT molecular complexity index is 329. The van der Waals surface area contributed by atoms with Gasteiger partial charge >= 0.3 is 0 Å². The summed E-state index contributed by atoms with van der Waals surface area (Å²) < 4.78 is 10.7. The molecule has 4 heteroatoms. The van der Waals surface area contributed by atoms with Gasteiger partial charge in [0.25, 0.3) is 0 Å². The molecule has 0 unspecified atom stereocenters. The predicted octanol–water partition coefficient (Wildman–Crippen LogP) is 2.39. The van der Waals surface area contributed by atoms with Crippen molar-refractivity contribution in [3.8, 4) is 5.88 Å². The third kappa shape index (κ3) is 5.98. The second-order valence-electron chi connectivity index (χ2n) is 4.51. The van der Waals surface area contributed by atoms with Gasteiger partial charge in [-0.25, -0.2) is 4.98 Å². The molecule has 0 fully saturated rings. The standard InChI is InChI=1S/C14H24N2O2/c1-12(2)18-14-13(7-6-9-16-14)11-15-8-4-5-10-17-3/h6-7,9,12,15H,4-5,8,10-11H2,1-3H3. The molecule has 102 valence electrons. The minimum Gasteiger partial charge on any atom is -0.475 e. The van der Waals surface area contributed by atoms with E-state index >= 15 is 0 Å². The molecule has 1 aromatic heterocycles. The van der Waals surface area contributed by atoms with Gasteiger partial charge in [-0.05, 0) is 39.3 Å². The lowest BCUT2D eigenvalue weighted by Gasteiger charge is -2.13. The van der Waals surface area contributed by atoms with Gasteiger partial charge in [0.05, 0.1) is 6.10 Å². The van der Waals surface area contributed by atoms with E-state index in [-0.39, 0.29) is 6.10 Å². The monoisotopic (exact) mass is 252 g/mol. The normalized spacial score (nSPS) is 10.9. The van der Waals surface area contributed by atoms with E-state index in [0.717, 1.165) is 44.0 Å². The van der Waals surface area contributed by atoms with Crippen molar-refractivity contribution in [2.45, 2.75) is 39.3 Å². The molecule has 0 atom stereocenters. The van der Waals surface area contributed by atoms with E-state index in [0.29, 0.717) is 0 Å². The first-order valence-electron chi connectivity index (χ1n) is 6.54. The summed E-state index contributed by atoms with van der Waals surface area (Å²) in [6.07, 6.45) is 4.13. The molecule has 0 aliphatic carbocycles. The average molecular weight is 252 g/mol. The lowest BCUT2D eigenvalue weighted by atomic mass is 10.2. The van der Waals surface area contributed by atoms with E-state index in [4.69, 9.17) is 9.47 Å². The van der Waals surface area contributed by atoms with Gasteiger partial charge < -0.3 is 14.8 Å². The lowest BCUT2D eigenvalue weighted by molar-refractivity contribution is 0.192. The fraction of sp³-hybridized carbons (Fsp3) is 0.643. The van der Waals surface area contributed by atoms with Gasteiger partial charge in [-0.3, -0.25) is 0 Å². The van der Waals surface area contributed by atoms with Crippen molar-refractivity contribution in [1.82, 2.24) is 10.3 Å². The second kappa shape index (κ2) is 8.89. The van der Waals surface area contributed by atoms with Crippen LogP contribution in [0, 0.1) is 0 Å². The van der Waals surface area contributed by atoms with E-state index in [1.54, 1.807) is 13.3 Å². The van der Waals surface area contributed by atoms with E-state index < -0.39 is 0 Å². The Hall–Kier alpha value is -1.13. The summed E-state index contributed by atoms with van der Waals surface area (Å²) in [6, 6.07) is 3.99. The number of hydrogen-bond acceptors (Lipinski definition) is 4. The molecule has 1 N–H and O–H groups in total. The number of pyridine rings is 1. The number of rotatable bonds is 9. The topological polar surface area (TPSA) is 43.4 Å². The van der Waals surface area contributed by atoms with Crippen LogP contribution in [0.15, 0.2) is 18.3 Å². The van der Waals surface area contributed by atoms with Crippen LogP contribution < -0.4 is 10.1 Å². The molecule has 0 aromatic carbocycles. The average Bonchev–Trinajstić information content (AvgIpc) is 2.35. The lowest BCUT2D eigenvalue weighted by Crippen LogP contribution is -2.17. The largest absolute Gasteiger partial charge is 0.475 e. The molecule has 1 aromatic rings. The van der Waals surface area contributed by atoms with Crippen LogP contribution >= 0.6 is 0 Å². The zero-order chi connectivity index (χ0) is 13.2. The first-order valence-corrected chi connectivity index (χ1v) is 6.54. The summed E-state index contributed by atoms with van der Waals surface area (Å²) in [5, 5.41) is 3.40. The van der Waals surface area contributed by atoms with Crippen LogP contribution in [0.2, 0.25) is 0 Å². The molecule has 0 radical (unpaired) electrons. The maximum atomic E-state index is 5.67. The van der Waals surface area contributed by atoms with Crippen molar-refractivity contribution >= 4 is 0 Å². The van der Waals surface area contributed by atoms with Crippen LogP contribution in [0.25, 0.3) is 0 Å². The Kier molecular flexibility index (Phi) is 7.37. The smallest absolute Gasteiger partial charge is 0.218 e. The van der Waals surface area contributed by atoms with Gasteiger partial charge in [0.15, 0.2) is 0 Å². The number of nitrogens with one attached hydrogen (secondary N) is 1. The van der Waals surface area contributed by atoms with Crippen LogP contribution in [0.1, 0.15) is 32.3 Å². The second-order valence-corrected chi connectivity index (χ2v) is 4.51. The summed E-state index contributed by atoms with van der Waals surface area (Å²) in [4.78, 5) is 4.26. The van der Waals surface area contributed by atoms with Crippen LogP contribution in [0.3, 0.4) is 0 Å². The molecular formula is C14H24N2O2. The third-order valence-electron chi connectivity index (χ3n) is 2.46. The minimum atomic E-state index is 0.153. The number of unbranched alkanes of at least 4 members (excludes halogenated alkanes) is 1. The number of hydrogen-bond donors (Lipinski definition) is 1. The molecule has 0 amide bonds. The quantitative estimate of drug-likeness (QED) is 0.685. The zero-order valence-electron chi connectivity index (χ0n) is 11.6. The molecule has 1 rings (SSSR count). The molecule has 0 aliphatic rings. The molecule has 4 nitrogen and oxygen atoms in total. The molecule has 1 heterocycles. The van der Waals surface area contributed by atoms with Crippen molar-refractivity contribution in [3.05, 3.63) is 23.9 Å². The summed E-state index contributed by atoms with van der Waals surface area (Å²) in [6.45, 7) is 6.63. The molecule has 0 saturated carbocycles. The van der Waals surface area contributed by atoms with E-state index in [9.17, 15) is 0 Å². The van der Waals surface area contributed by atoms with Crippen molar-refractivity contribution < 1.29 is 9.47 Å². The Labute approximate surface area is 110 Å². The Balaban J connectivity index is 2.32. The van der Waals surface area contributed by atoms with Crippen LogP contribution in [0.5, 0.6) is 5.88 Å². The fourth-order valence-electron chi connectivity index (χ4n) is 1.61. The van der Waals surface area contributed by atoms with Crippen LogP contribution in [-0.2, 0) is 11.3 Å². The Morgan fingerprint density at radius 1 is 1.33 bits per heavy atom. The van der Waals surface area contributed by atoms with Gasteiger partial charge in [0, 0.05) is 32.0 Å². The van der Waals surface area contributed by atoms with Gasteiger partial charge in [-0.2, -0.15) is 0 Å². The van der Waals surface area contributed by atoms with Crippen molar-refractivity contribution in [1.29, 1.82) is 0 Å². The van der Waals surface area contributed by atoms with E-state index in [1.165, 1.54) is 0 Å². The predicted molar refractivity (Wildman–Crippen MR) is 72.8 cm³/mol. The SMILES string of the molecule is COCCCCNCc1cccnc1OC(C)C. The van der Waals surface area contributed by atoms with Crippen molar-refractivity contribution in [2.75, 3.05) is 20.3 Å². The van der Waals surface area contributed by atoms with E-state index in [2.05, 4.69) is 10.3 Å². The highest BCUT2D eigenvalue weighted by Crippen LogP contribution is 2.15. The molecule has 0 aliphatic heterocycles. The minimum absolute atomic E-state index is 0.153. The van der Waals surface area contributed by atoms with Crippen LogP contribution in [0.4, 0.5) is 0 Å². The summed E-state index contributed by atoms with van der Waals surface area (Å²) in [7, 11) is 1.73. The van der Waals surface area contributed by atoms with Crippen molar-refractivity contribution in [2.24, 2.45) is 0 Å². The van der Waals surface area contributed by atoms with Gasteiger partial charge in [0.2, 0.25) is 5.88 Å². The summed E-state index contributed by atoms with van der Waals surface area (Å²) >= 11 is 0.